The van der Waals surface area contributed by atoms with E-state index in [0.717, 1.165) is 19.3 Å². The number of hydrogen-bond acceptors (Lipinski definition) is 4. The van der Waals surface area contributed by atoms with E-state index in [1.165, 1.54) is 6.92 Å². The van der Waals surface area contributed by atoms with Gasteiger partial charge in [-0.3, -0.25) is 9.59 Å². The molecule has 0 aromatic heterocycles. The normalized spacial score (nSPS) is 24.4. The van der Waals surface area contributed by atoms with E-state index in [2.05, 4.69) is 0 Å². The molecule has 1 aliphatic rings. The van der Waals surface area contributed by atoms with Crippen molar-refractivity contribution in [3.8, 4) is 0 Å². The molecule has 4 heteroatoms. The quantitative estimate of drug-likeness (QED) is 0.429. The van der Waals surface area contributed by atoms with Crippen LogP contribution in [-0.4, -0.2) is 24.1 Å². The van der Waals surface area contributed by atoms with Crippen molar-refractivity contribution in [3.63, 3.8) is 0 Å². The topological polar surface area (TPSA) is 60.4 Å². The molecular formula is C14H22O4. The van der Waals surface area contributed by atoms with Crippen molar-refractivity contribution in [3.05, 3.63) is 0 Å². The molecular weight excluding hydrogens is 232 g/mol. The molecule has 4 nitrogen and oxygen atoms in total. The van der Waals surface area contributed by atoms with Crippen molar-refractivity contribution >= 4 is 17.5 Å². The van der Waals surface area contributed by atoms with E-state index in [9.17, 15) is 14.4 Å². The molecule has 102 valence electrons. The van der Waals surface area contributed by atoms with Crippen molar-refractivity contribution in [1.29, 1.82) is 0 Å². The first-order chi connectivity index (χ1) is 8.53. The first kappa shape index (κ1) is 14.9. The molecule has 0 amide bonds. The monoisotopic (exact) mass is 254 g/mol. The average molecular weight is 254 g/mol. The second-order valence-electron chi connectivity index (χ2n) is 4.99. The highest BCUT2D eigenvalue weighted by Gasteiger charge is 2.46. The van der Waals surface area contributed by atoms with Crippen molar-refractivity contribution < 1.29 is 19.1 Å². The average Bonchev–Trinajstić information content (AvgIpc) is 2.50. The number of rotatable bonds is 5. The largest absolute Gasteiger partial charge is 0.465 e. The summed E-state index contributed by atoms with van der Waals surface area (Å²) in [5, 5.41) is 0. The van der Waals surface area contributed by atoms with Crippen LogP contribution in [0.5, 0.6) is 0 Å². The molecule has 0 N–H and O–H groups in total. The molecule has 1 unspecified atom stereocenters. The summed E-state index contributed by atoms with van der Waals surface area (Å²) in [6, 6.07) is 0. The molecule has 0 aliphatic heterocycles. The zero-order chi connectivity index (χ0) is 13.6. The van der Waals surface area contributed by atoms with Gasteiger partial charge in [0, 0.05) is 12.8 Å². The smallest absolute Gasteiger partial charge is 0.319 e. The maximum atomic E-state index is 12.3. The van der Waals surface area contributed by atoms with Crippen LogP contribution in [0.1, 0.15) is 58.8 Å². The second kappa shape index (κ2) is 6.66. The van der Waals surface area contributed by atoms with Crippen LogP contribution in [0.15, 0.2) is 0 Å². The lowest BCUT2D eigenvalue weighted by Crippen LogP contribution is -2.40. The minimum Gasteiger partial charge on any atom is -0.465 e. The number of carbonyl (C=O) groups excluding carboxylic acids is 3. The van der Waals surface area contributed by atoms with Gasteiger partial charge in [-0.2, -0.15) is 0 Å². The summed E-state index contributed by atoms with van der Waals surface area (Å²) in [5.41, 5.74) is -1.06. The molecule has 0 heterocycles. The van der Waals surface area contributed by atoms with Crippen LogP contribution >= 0.6 is 0 Å². The zero-order valence-electron chi connectivity index (χ0n) is 11.3. The van der Waals surface area contributed by atoms with Gasteiger partial charge in [-0.25, -0.2) is 0 Å². The van der Waals surface area contributed by atoms with Crippen LogP contribution in [0, 0.1) is 5.41 Å². The Morgan fingerprint density at radius 2 is 2.00 bits per heavy atom. The van der Waals surface area contributed by atoms with Crippen LogP contribution in [0.25, 0.3) is 0 Å². The highest BCUT2D eigenvalue weighted by Crippen LogP contribution is 2.37. The van der Waals surface area contributed by atoms with Crippen molar-refractivity contribution in [2.75, 3.05) is 6.61 Å². The van der Waals surface area contributed by atoms with E-state index in [1.54, 1.807) is 6.92 Å². The molecule has 1 saturated carbocycles. The van der Waals surface area contributed by atoms with E-state index < -0.39 is 11.4 Å². The zero-order valence-corrected chi connectivity index (χ0v) is 11.3. The third-order valence-corrected chi connectivity index (χ3v) is 3.61. The van der Waals surface area contributed by atoms with E-state index in [0.29, 0.717) is 19.3 Å². The Hall–Kier alpha value is -1.19. The molecule has 1 fully saturated rings. The number of hydrogen-bond donors (Lipinski definition) is 0. The van der Waals surface area contributed by atoms with Crippen LogP contribution in [0.3, 0.4) is 0 Å². The van der Waals surface area contributed by atoms with Gasteiger partial charge in [-0.05, 0) is 33.1 Å². The van der Waals surface area contributed by atoms with Gasteiger partial charge in [0.05, 0.1) is 6.61 Å². The molecule has 18 heavy (non-hydrogen) atoms. The second-order valence-corrected chi connectivity index (χ2v) is 4.99. The standard InChI is InChI=1S/C14H22O4/c1-3-18-13(17)14(10-8-11(2)15)9-6-4-5-7-12(14)16/h3-10H2,1-2H3. The predicted molar refractivity (Wildman–Crippen MR) is 67.1 cm³/mol. The molecule has 0 radical (unpaired) electrons. The number of esters is 1. The minimum atomic E-state index is -1.06. The molecule has 0 aromatic rings. The first-order valence-electron chi connectivity index (χ1n) is 6.73. The van der Waals surface area contributed by atoms with Crippen molar-refractivity contribution in [2.24, 2.45) is 5.41 Å². The van der Waals surface area contributed by atoms with Crippen LogP contribution in [0.2, 0.25) is 0 Å². The molecule has 0 spiro atoms. The fourth-order valence-electron chi connectivity index (χ4n) is 2.51. The Morgan fingerprint density at radius 1 is 1.28 bits per heavy atom. The fraction of sp³-hybridized carbons (Fsp3) is 0.786. The first-order valence-corrected chi connectivity index (χ1v) is 6.73. The summed E-state index contributed by atoms with van der Waals surface area (Å²) < 4.78 is 5.07. The number of carbonyl (C=O) groups is 3. The third kappa shape index (κ3) is 3.40. The molecule has 0 saturated heterocycles. The Bertz CT molecular complexity index is 335. The third-order valence-electron chi connectivity index (χ3n) is 3.61. The Balaban J connectivity index is 2.92. The summed E-state index contributed by atoms with van der Waals surface area (Å²) in [7, 11) is 0. The Morgan fingerprint density at radius 3 is 2.61 bits per heavy atom. The van der Waals surface area contributed by atoms with Crippen LogP contribution in [-0.2, 0) is 19.1 Å². The Labute approximate surface area is 108 Å². The van der Waals surface area contributed by atoms with Crippen molar-refractivity contribution in [2.45, 2.75) is 58.8 Å². The summed E-state index contributed by atoms with van der Waals surface area (Å²) in [4.78, 5) is 35.5. The predicted octanol–water partition coefficient (Wildman–Crippen LogP) is 2.44. The van der Waals surface area contributed by atoms with Gasteiger partial charge in [0.25, 0.3) is 0 Å². The lowest BCUT2D eigenvalue weighted by molar-refractivity contribution is -0.161. The lowest BCUT2D eigenvalue weighted by atomic mass is 9.75. The minimum absolute atomic E-state index is 0.00993. The van der Waals surface area contributed by atoms with Crippen LogP contribution in [0.4, 0.5) is 0 Å². The summed E-state index contributed by atoms with van der Waals surface area (Å²) in [5.74, 6) is -0.464. The molecule has 1 atom stereocenters. The fourth-order valence-corrected chi connectivity index (χ4v) is 2.51. The molecule has 0 bridgehead atoms. The van der Waals surface area contributed by atoms with Gasteiger partial charge in [0.1, 0.15) is 17.0 Å². The van der Waals surface area contributed by atoms with Crippen molar-refractivity contribution in [1.82, 2.24) is 0 Å². The lowest BCUT2D eigenvalue weighted by Gasteiger charge is -2.28. The number of ketones is 2. The van der Waals surface area contributed by atoms with E-state index in [1.807, 2.05) is 0 Å². The number of Topliss-reactive ketones (excluding diaryl/α,β-unsaturated/α-hetero) is 2. The van der Waals surface area contributed by atoms with E-state index >= 15 is 0 Å². The highest BCUT2D eigenvalue weighted by atomic mass is 16.5. The molecule has 1 rings (SSSR count). The highest BCUT2D eigenvalue weighted by molar-refractivity contribution is 6.04. The summed E-state index contributed by atoms with van der Waals surface area (Å²) >= 11 is 0. The molecule has 0 aromatic carbocycles. The van der Waals surface area contributed by atoms with E-state index in [-0.39, 0.29) is 24.6 Å². The number of ether oxygens (including phenoxy) is 1. The maximum Gasteiger partial charge on any atom is 0.319 e. The molecule has 1 aliphatic carbocycles. The summed E-state index contributed by atoms with van der Waals surface area (Å²) in [6.45, 7) is 3.49. The maximum absolute atomic E-state index is 12.3. The summed E-state index contributed by atoms with van der Waals surface area (Å²) in [6.07, 6.45) is 4.18. The Kier molecular flexibility index (Phi) is 5.51. The van der Waals surface area contributed by atoms with Gasteiger partial charge >= 0.3 is 5.97 Å². The van der Waals surface area contributed by atoms with Gasteiger partial charge < -0.3 is 9.53 Å². The van der Waals surface area contributed by atoms with E-state index in [4.69, 9.17) is 4.74 Å². The van der Waals surface area contributed by atoms with Gasteiger partial charge in [-0.1, -0.05) is 12.8 Å². The van der Waals surface area contributed by atoms with Gasteiger partial charge in [0.2, 0.25) is 0 Å². The van der Waals surface area contributed by atoms with Gasteiger partial charge in [0.15, 0.2) is 0 Å². The van der Waals surface area contributed by atoms with Crippen LogP contribution < -0.4 is 0 Å². The van der Waals surface area contributed by atoms with Gasteiger partial charge in [-0.15, -0.1) is 0 Å². The SMILES string of the molecule is CCOC(=O)C1(CCC(C)=O)CCCCCC1=O.